The fourth-order valence-electron chi connectivity index (χ4n) is 10.5. The molecule has 0 aliphatic carbocycles. The SMILES string of the molecule is CCS(=O)(=O)N1CCCC(C(=O)Nc2ccc(Cl)c(F)c2)C1.CS(=O)(=O)N1CCCC(C(=O)Nc2ccc(Cl)c(F)c2)C1.Cn1cnc(S(=O)(=O)N2CCCC(C(=O)Nc3ccc(Cl)c(F)c3)C2)c1.O=C(Nc1ccc(Cl)c(F)c1)C1CCCN(S(=O)(=O)c2ccccc2)C1. The summed E-state index contributed by atoms with van der Waals surface area (Å²) in [5.41, 5.74) is 1.18. The Balaban J connectivity index is 0.000000180. The van der Waals surface area contributed by atoms with Crippen molar-refractivity contribution >= 4 is 133 Å². The van der Waals surface area contributed by atoms with Gasteiger partial charge in [-0.3, -0.25) is 19.2 Å². The van der Waals surface area contributed by atoms with Crippen LogP contribution in [-0.2, 0) is 66.3 Å². The lowest BCUT2D eigenvalue weighted by Gasteiger charge is -2.31. The van der Waals surface area contributed by atoms with E-state index in [0.717, 1.165) is 30.5 Å². The quantitative estimate of drug-likeness (QED) is 0.0697. The lowest BCUT2D eigenvalue weighted by molar-refractivity contribution is -0.121. The number of anilines is 4. The Bertz CT molecular complexity index is 4210. The molecule has 0 saturated carbocycles. The van der Waals surface area contributed by atoms with Gasteiger partial charge in [0, 0.05) is 88.4 Å². The highest BCUT2D eigenvalue weighted by Crippen LogP contribution is 2.30. The molecule has 4 unspecified atom stereocenters. The average molecular weight is 1480 g/mol. The smallest absolute Gasteiger partial charge is 0.262 e. The molecular formula is C61H70Cl4F4N10O12S4. The molecule has 0 bridgehead atoms. The van der Waals surface area contributed by atoms with Gasteiger partial charge in [0.05, 0.1) is 67.0 Å². The number of aromatic nitrogens is 2. The predicted molar refractivity (Wildman–Crippen MR) is 356 cm³/mol. The Morgan fingerprint density at radius 1 is 0.474 bits per heavy atom. The third-order valence-corrected chi connectivity index (χ3v) is 23.6. The lowest BCUT2D eigenvalue weighted by Crippen LogP contribution is -2.44. The standard InChI is InChI=1S/C18H18ClFN2O3S.C16H18ClFN4O3S.C14H18ClFN2O3S.C13H16ClFN2O3S/c19-16-9-8-14(11-17(16)20)21-18(23)13-5-4-10-22(12-13)26(24,25)15-6-2-1-3-7-15;1-21-9-15(19-10-21)26(24,25)22-6-2-3-11(8-22)16(23)20-12-4-5-13(17)14(18)7-12;1-2-22(20,21)18-7-3-4-10(9-18)14(19)17-11-5-6-12(15)13(16)8-11;1-21(19,20)17-6-2-3-9(8-17)13(18)16-10-4-5-11(14)12(15)7-10/h1-3,6-9,11,13H,4-5,10,12H2,(H,21,23);4-5,7,9-11H,2-3,6,8H2,1H3,(H,20,23);5-6,8,10H,2-4,7,9H2,1H3,(H,17,19);4-5,7,9H,2-3,6,8H2,1H3,(H,16,18). The Kier molecular flexibility index (Phi) is 27.1. The topological polar surface area (TPSA) is 284 Å². The zero-order chi connectivity index (χ0) is 69.6. The van der Waals surface area contributed by atoms with Gasteiger partial charge in [0.15, 0.2) is 5.03 Å². The zero-order valence-corrected chi connectivity index (χ0v) is 57.8. The molecule has 1 aromatic heterocycles. The largest absolute Gasteiger partial charge is 0.339 e. The van der Waals surface area contributed by atoms with Crippen LogP contribution in [0.4, 0.5) is 40.3 Å². The molecule has 0 spiro atoms. The van der Waals surface area contributed by atoms with Gasteiger partial charge in [0.1, 0.15) is 23.3 Å². The third kappa shape index (κ3) is 21.4. The maximum absolute atomic E-state index is 13.5. The van der Waals surface area contributed by atoms with Gasteiger partial charge < -0.3 is 25.8 Å². The molecule has 34 heteroatoms. The maximum Gasteiger partial charge on any atom is 0.262 e. The molecule has 6 aromatic rings. The van der Waals surface area contributed by atoms with Crippen LogP contribution in [0.1, 0.15) is 58.3 Å². The van der Waals surface area contributed by atoms with Gasteiger partial charge in [-0.25, -0.2) is 64.8 Å². The number of benzene rings is 5. The average Bonchev–Trinajstić information content (AvgIpc) is 1.80. The number of nitrogens with one attached hydrogen (secondary N) is 4. The molecule has 4 N–H and O–H groups in total. The number of hydrogen-bond donors (Lipinski definition) is 4. The van der Waals surface area contributed by atoms with E-state index in [4.69, 9.17) is 46.4 Å². The van der Waals surface area contributed by atoms with Crippen molar-refractivity contribution in [3.05, 3.63) is 159 Å². The second-order valence-corrected chi connectivity index (χ2v) is 32.3. The van der Waals surface area contributed by atoms with E-state index in [1.54, 1.807) is 36.7 Å². The molecule has 95 heavy (non-hydrogen) atoms. The van der Waals surface area contributed by atoms with Crippen LogP contribution in [0.3, 0.4) is 0 Å². The highest BCUT2D eigenvalue weighted by Gasteiger charge is 2.37. The van der Waals surface area contributed by atoms with Gasteiger partial charge in [0.2, 0.25) is 53.7 Å². The number of sulfonamides is 4. The van der Waals surface area contributed by atoms with E-state index in [1.165, 1.54) is 90.4 Å². The number of carbonyl (C=O) groups is 4. The van der Waals surface area contributed by atoms with E-state index >= 15 is 0 Å². The fraction of sp³-hybridized carbons (Fsp3) is 0.393. The van der Waals surface area contributed by atoms with Crippen molar-refractivity contribution in [2.24, 2.45) is 30.7 Å². The predicted octanol–water partition coefficient (Wildman–Crippen LogP) is 10.3. The molecule has 0 radical (unpaired) electrons. The van der Waals surface area contributed by atoms with Crippen LogP contribution in [0.25, 0.3) is 0 Å². The molecule has 4 atom stereocenters. The van der Waals surface area contributed by atoms with Gasteiger partial charge in [-0.2, -0.15) is 8.61 Å². The van der Waals surface area contributed by atoms with Crippen molar-refractivity contribution in [1.82, 2.24) is 26.8 Å². The molecular weight excluding hydrogens is 1410 g/mol. The van der Waals surface area contributed by atoms with E-state index in [-0.39, 0.29) is 91.3 Å². The first-order valence-corrected chi connectivity index (χ1v) is 37.6. The van der Waals surface area contributed by atoms with E-state index in [9.17, 15) is 70.4 Å². The molecule has 4 aliphatic rings. The summed E-state index contributed by atoms with van der Waals surface area (Å²) >= 11 is 22.4. The normalized spacial score (nSPS) is 19.2. The van der Waals surface area contributed by atoms with E-state index in [2.05, 4.69) is 26.3 Å². The van der Waals surface area contributed by atoms with Crippen LogP contribution < -0.4 is 21.3 Å². The Morgan fingerprint density at radius 3 is 1.11 bits per heavy atom. The van der Waals surface area contributed by atoms with E-state index in [0.29, 0.717) is 94.6 Å². The van der Waals surface area contributed by atoms with Crippen LogP contribution in [0.2, 0.25) is 20.1 Å². The first-order chi connectivity index (χ1) is 44.7. The molecule has 4 aliphatic heterocycles. The number of carbonyl (C=O) groups excluding carboxylic acids is 4. The van der Waals surface area contributed by atoms with Gasteiger partial charge >= 0.3 is 0 Å². The van der Waals surface area contributed by atoms with Crippen LogP contribution in [0.15, 0.2) is 126 Å². The number of halogens is 8. The number of amides is 4. The summed E-state index contributed by atoms with van der Waals surface area (Å²) in [5.74, 6) is -5.68. The van der Waals surface area contributed by atoms with Crippen molar-refractivity contribution < 1.29 is 70.4 Å². The number of imidazole rings is 1. The second-order valence-electron chi connectivity index (χ2n) is 22.6. The minimum atomic E-state index is -3.75. The molecule has 4 saturated heterocycles. The van der Waals surface area contributed by atoms with E-state index < -0.39 is 87.0 Å². The van der Waals surface area contributed by atoms with Crippen molar-refractivity contribution in [1.29, 1.82) is 0 Å². The van der Waals surface area contributed by atoms with Crippen LogP contribution in [0.5, 0.6) is 0 Å². The Morgan fingerprint density at radius 2 is 0.789 bits per heavy atom. The number of aryl methyl sites for hydroxylation is 1. The second kappa shape index (κ2) is 33.8. The third-order valence-electron chi connectivity index (χ3n) is 15.7. The summed E-state index contributed by atoms with van der Waals surface area (Å²) in [4.78, 5) is 53.4. The summed E-state index contributed by atoms with van der Waals surface area (Å²) in [6.07, 6.45) is 8.70. The molecule has 5 heterocycles. The first-order valence-electron chi connectivity index (χ1n) is 29.8. The maximum atomic E-state index is 13.5. The summed E-state index contributed by atoms with van der Waals surface area (Å²) in [7, 11) is -12.3. The number of rotatable bonds is 15. The monoisotopic (exact) mass is 1480 g/mol. The Labute approximate surface area is 569 Å². The fourth-order valence-corrected chi connectivity index (χ4v) is 16.1. The molecule has 4 amide bonds. The van der Waals surface area contributed by atoms with Crippen molar-refractivity contribution in [2.45, 2.75) is 68.2 Å². The van der Waals surface area contributed by atoms with Gasteiger partial charge in [-0.1, -0.05) is 64.6 Å². The number of piperidine rings is 4. The summed E-state index contributed by atoms with van der Waals surface area (Å²) in [5, 5.41) is 10.3. The molecule has 10 rings (SSSR count). The summed E-state index contributed by atoms with van der Waals surface area (Å²) in [6.45, 7) is 3.62. The van der Waals surface area contributed by atoms with Gasteiger partial charge in [0.25, 0.3) is 10.0 Å². The molecule has 4 fully saturated rings. The summed E-state index contributed by atoms with van der Waals surface area (Å²) in [6, 6.07) is 24.1. The van der Waals surface area contributed by atoms with Crippen molar-refractivity contribution in [3.63, 3.8) is 0 Å². The minimum Gasteiger partial charge on any atom is -0.339 e. The lowest BCUT2D eigenvalue weighted by atomic mass is 9.98. The number of nitrogens with zero attached hydrogens (tertiary/aromatic N) is 6. The van der Waals surface area contributed by atoms with Gasteiger partial charge in [-0.05, 0) is 143 Å². The zero-order valence-electron chi connectivity index (χ0n) is 51.5. The van der Waals surface area contributed by atoms with Crippen LogP contribution in [0, 0.1) is 46.9 Å². The summed E-state index contributed by atoms with van der Waals surface area (Å²) < 4.78 is 158. The highest BCUT2D eigenvalue weighted by molar-refractivity contribution is 7.89. The number of hydrogen-bond acceptors (Lipinski definition) is 13. The Hall–Kier alpha value is -6.29. The highest BCUT2D eigenvalue weighted by atomic mass is 35.5. The first kappa shape index (κ1) is 76.1. The molecule has 516 valence electrons. The van der Waals surface area contributed by atoms with Crippen molar-refractivity contribution in [3.8, 4) is 0 Å². The van der Waals surface area contributed by atoms with Gasteiger partial charge in [-0.15, -0.1) is 0 Å². The molecule has 22 nitrogen and oxygen atoms in total. The molecule has 5 aromatic carbocycles. The van der Waals surface area contributed by atoms with Crippen LogP contribution in [-0.4, -0.2) is 148 Å². The van der Waals surface area contributed by atoms with Crippen molar-refractivity contribution in [2.75, 3.05) is 85.6 Å². The van der Waals surface area contributed by atoms with E-state index in [1.807, 2.05) is 0 Å². The van der Waals surface area contributed by atoms with Crippen LogP contribution >= 0.6 is 46.4 Å². The minimum absolute atomic E-state index is 0.0176.